The number of hydrogen-bond acceptors (Lipinski definition) is 3. The van der Waals surface area contributed by atoms with Crippen LogP contribution in [-0.2, 0) is 4.79 Å². The maximum Gasteiger partial charge on any atom is 0.325 e. The van der Waals surface area contributed by atoms with Gasteiger partial charge in [-0.25, -0.2) is 0 Å². The van der Waals surface area contributed by atoms with Gasteiger partial charge in [0.15, 0.2) is 0 Å². The van der Waals surface area contributed by atoms with Crippen molar-refractivity contribution in [3.8, 4) is 5.75 Å². The van der Waals surface area contributed by atoms with Gasteiger partial charge in [0, 0.05) is 5.56 Å². The molecule has 0 saturated carbocycles. The normalized spacial score (nSPS) is 18.8. The Kier molecular flexibility index (Phi) is 4.43. The van der Waals surface area contributed by atoms with Crippen LogP contribution in [0.25, 0.3) is 0 Å². The molecule has 1 aliphatic heterocycles. The van der Waals surface area contributed by atoms with Crippen molar-refractivity contribution in [3.05, 3.63) is 29.3 Å². The minimum atomic E-state index is -0.886. The van der Waals surface area contributed by atoms with Gasteiger partial charge in [0.25, 0.3) is 0 Å². The van der Waals surface area contributed by atoms with E-state index in [-0.39, 0.29) is 5.75 Å². The van der Waals surface area contributed by atoms with Gasteiger partial charge in [-0.3, -0.25) is 9.69 Å². The summed E-state index contributed by atoms with van der Waals surface area (Å²) in [4.78, 5) is 13.6. The number of nitrogens with zero attached hydrogens (tertiary/aromatic N) is 1. The van der Waals surface area contributed by atoms with E-state index in [0.29, 0.717) is 5.56 Å². The lowest BCUT2D eigenvalue weighted by Gasteiger charge is -2.28. The van der Waals surface area contributed by atoms with Crippen LogP contribution in [0.15, 0.2) is 18.2 Å². The third kappa shape index (κ3) is 3.26. The Morgan fingerprint density at radius 1 is 1.21 bits per heavy atom. The highest BCUT2D eigenvalue weighted by Crippen LogP contribution is 2.31. The number of carbonyl (C=O) groups is 1. The van der Waals surface area contributed by atoms with E-state index in [0.717, 1.165) is 44.3 Å². The van der Waals surface area contributed by atoms with E-state index in [2.05, 4.69) is 0 Å². The number of rotatable bonds is 3. The predicted molar refractivity (Wildman–Crippen MR) is 73.3 cm³/mol. The van der Waals surface area contributed by atoms with Crippen LogP contribution in [0.1, 0.15) is 42.9 Å². The highest BCUT2D eigenvalue weighted by molar-refractivity contribution is 5.76. The first-order chi connectivity index (χ1) is 9.09. The summed E-state index contributed by atoms with van der Waals surface area (Å²) in [7, 11) is 0. The molecular weight excluding hydrogens is 242 g/mol. The van der Waals surface area contributed by atoms with Crippen LogP contribution in [0, 0.1) is 6.92 Å². The molecule has 4 heteroatoms. The Balaban J connectivity index is 2.33. The first-order valence-electron chi connectivity index (χ1n) is 6.86. The fourth-order valence-electron chi connectivity index (χ4n) is 2.73. The lowest BCUT2D eigenvalue weighted by Crippen LogP contribution is -2.35. The molecule has 0 aliphatic carbocycles. The minimum absolute atomic E-state index is 0.0715. The third-order valence-corrected chi connectivity index (χ3v) is 3.72. The Morgan fingerprint density at radius 3 is 2.42 bits per heavy atom. The molecule has 1 aliphatic rings. The minimum Gasteiger partial charge on any atom is -0.508 e. The quantitative estimate of drug-likeness (QED) is 0.880. The van der Waals surface area contributed by atoms with Gasteiger partial charge in [-0.15, -0.1) is 0 Å². The molecule has 2 N–H and O–H groups in total. The second kappa shape index (κ2) is 6.06. The van der Waals surface area contributed by atoms with Crippen LogP contribution >= 0.6 is 0 Å². The molecule has 0 aromatic heterocycles. The van der Waals surface area contributed by atoms with E-state index in [9.17, 15) is 15.0 Å². The average Bonchev–Trinajstić information content (AvgIpc) is 2.62. The average molecular weight is 263 g/mol. The number of carboxylic acids is 1. The molecule has 0 spiro atoms. The molecule has 2 rings (SSSR count). The zero-order valence-electron chi connectivity index (χ0n) is 11.3. The largest absolute Gasteiger partial charge is 0.508 e. The molecule has 1 atom stereocenters. The van der Waals surface area contributed by atoms with Crippen molar-refractivity contribution in [2.75, 3.05) is 13.1 Å². The number of phenols is 1. The van der Waals surface area contributed by atoms with Crippen molar-refractivity contribution in [1.82, 2.24) is 4.90 Å². The monoisotopic (exact) mass is 263 g/mol. The van der Waals surface area contributed by atoms with Gasteiger partial charge in [0.2, 0.25) is 0 Å². The van der Waals surface area contributed by atoms with E-state index in [1.54, 1.807) is 18.2 Å². The molecule has 1 aromatic rings. The molecule has 4 nitrogen and oxygen atoms in total. The van der Waals surface area contributed by atoms with Crippen molar-refractivity contribution < 1.29 is 15.0 Å². The molecule has 1 fully saturated rings. The van der Waals surface area contributed by atoms with Gasteiger partial charge in [0.1, 0.15) is 11.8 Å². The van der Waals surface area contributed by atoms with Crippen molar-refractivity contribution in [3.63, 3.8) is 0 Å². The molecule has 104 valence electrons. The molecule has 0 bridgehead atoms. The van der Waals surface area contributed by atoms with Gasteiger partial charge in [-0.2, -0.15) is 0 Å². The van der Waals surface area contributed by atoms with Crippen LogP contribution in [0.4, 0.5) is 0 Å². The molecule has 1 unspecified atom stereocenters. The standard InChI is InChI=1S/C15H21NO3/c1-11-6-7-13(17)12(10-11)14(15(18)19)16-8-4-2-3-5-9-16/h6-7,10,14,17H,2-5,8-9H2,1H3,(H,18,19). The smallest absolute Gasteiger partial charge is 0.325 e. The van der Waals surface area contributed by atoms with Crippen LogP contribution in [0.2, 0.25) is 0 Å². The lowest BCUT2D eigenvalue weighted by molar-refractivity contribution is -0.143. The molecule has 1 heterocycles. The molecule has 1 saturated heterocycles. The number of aryl methyl sites for hydroxylation is 1. The number of aromatic hydroxyl groups is 1. The molecule has 0 amide bonds. The molecule has 19 heavy (non-hydrogen) atoms. The van der Waals surface area contributed by atoms with Crippen molar-refractivity contribution >= 4 is 5.97 Å². The second-order valence-corrected chi connectivity index (χ2v) is 5.25. The summed E-state index contributed by atoms with van der Waals surface area (Å²) in [6.07, 6.45) is 4.36. The van der Waals surface area contributed by atoms with Gasteiger partial charge in [-0.1, -0.05) is 30.5 Å². The number of carboxylic acid groups (broad SMARTS) is 1. The Labute approximate surface area is 113 Å². The Morgan fingerprint density at radius 2 is 1.84 bits per heavy atom. The van der Waals surface area contributed by atoms with Gasteiger partial charge < -0.3 is 10.2 Å². The fourth-order valence-corrected chi connectivity index (χ4v) is 2.73. The number of phenolic OH excluding ortho intramolecular Hbond substituents is 1. The summed E-state index contributed by atoms with van der Waals surface area (Å²) in [6, 6.07) is 4.41. The van der Waals surface area contributed by atoms with E-state index in [1.807, 2.05) is 11.8 Å². The van der Waals surface area contributed by atoms with Gasteiger partial charge >= 0.3 is 5.97 Å². The summed E-state index contributed by atoms with van der Waals surface area (Å²) in [5.41, 5.74) is 1.48. The van der Waals surface area contributed by atoms with Crippen molar-refractivity contribution in [1.29, 1.82) is 0 Å². The number of likely N-dealkylation sites (tertiary alicyclic amines) is 1. The molecular formula is C15H21NO3. The lowest BCUT2D eigenvalue weighted by atomic mass is 10.0. The van der Waals surface area contributed by atoms with Crippen LogP contribution in [0.5, 0.6) is 5.75 Å². The highest BCUT2D eigenvalue weighted by atomic mass is 16.4. The number of aliphatic carboxylic acids is 1. The predicted octanol–water partition coefficient (Wildman–Crippen LogP) is 2.70. The first-order valence-corrected chi connectivity index (χ1v) is 6.86. The Bertz CT molecular complexity index is 451. The maximum atomic E-state index is 11.6. The van der Waals surface area contributed by atoms with Crippen molar-refractivity contribution in [2.45, 2.75) is 38.6 Å². The Hall–Kier alpha value is -1.55. The van der Waals surface area contributed by atoms with Gasteiger partial charge in [0.05, 0.1) is 0 Å². The van der Waals surface area contributed by atoms with E-state index in [4.69, 9.17) is 0 Å². The summed E-state index contributed by atoms with van der Waals surface area (Å²) in [5, 5.41) is 19.5. The second-order valence-electron chi connectivity index (χ2n) is 5.25. The number of hydrogen-bond donors (Lipinski definition) is 2. The van der Waals surface area contributed by atoms with E-state index in [1.165, 1.54) is 0 Å². The first kappa shape index (κ1) is 13.9. The third-order valence-electron chi connectivity index (χ3n) is 3.72. The van der Waals surface area contributed by atoms with Gasteiger partial charge in [-0.05, 0) is 38.9 Å². The maximum absolute atomic E-state index is 11.6. The zero-order chi connectivity index (χ0) is 13.8. The summed E-state index contributed by atoms with van der Waals surface area (Å²) in [6.45, 7) is 3.47. The van der Waals surface area contributed by atoms with E-state index < -0.39 is 12.0 Å². The number of benzene rings is 1. The van der Waals surface area contributed by atoms with Crippen molar-refractivity contribution in [2.24, 2.45) is 0 Å². The highest BCUT2D eigenvalue weighted by Gasteiger charge is 2.29. The van der Waals surface area contributed by atoms with Crippen LogP contribution in [-0.4, -0.2) is 34.2 Å². The van der Waals surface area contributed by atoms with Crippen LogP contribution in [0.3, 0.4) is 0 Å². The summed E-state index contributed by atoms with van der Waals surface area (Å²) < 4.78 is 0. The fraction of sp³-hybridized carbons (Fsp3) is 0.533. The molecule has 1 aromatic carbocycles. The SMILES string of the molecule is Cc1ccc(O)c(C(C(=O)O)N2CCCCCC2)c1. The molecule has 0 radical (unpaired) electrons. The topological polar surface area (TPSA) is 60.8 Å². The van der Waals surface area contributed by atoms with Crippen LogP contribution < -0.4 is 0 Å². The summed E-state index contributed by atoms with van der Waals surface area (Å²) in [5.74, 6) is -0.815. The van der Waals surface area contributed by atoms with E-state index >= 15 is 0 Å². The summed E-state index contributed by atoms with van der Waals surface area (Å²) >= 11 is 0. The zero-order valence-corrected chi connectivity index (χ0v) is 11.3.